The van der Waals surface area contributed by atoms with Crippen LogP contribution in [0.25, 0.3) is 10.9 Å². The van der Waals surface area contributed by atoms with Gasteiger partial charge in [0.1, 0.15) is 18.6 Å². The Morgan fingerprint density at radius 2 is 2.00 bits per heavy atom. The van der Waals surface area contributed by atoms with Crippen molar-refractivity contribution in [2.45, 2.75) is 77.1 Å². The van der Waals surface area contributed by atoms with Gasteiger partial charge in [0.2, 0.25) is 0 Å². The number of aliphatic carboxylic acids is 1. The van der Waals surface area contributed by atoms with Crippen molar-refractivity contribution in [2.24, 2.45) is 11.3 Å². The molecule has 0 radical (unpaired) electrons. The second-order valence-corrected chi connectivity index (χ2v) is 10.4. The SMILES string of the molecule is COc1ccc2ncc(CF)c(C(F)CCC3(C(=O)O)CCN(CCC4CCCCC4)CC3)c2c1. The van der Waals surface area contributed by atoms with E-state index in [1.807, 2.05) is 0 Å². The maximum Gasteiger partial charge on any atom is 0.309 e. The van der Waals surface area contributed by atoms with Crippen molar-refractivity contribution < 1.29 is 23.4 Å². The number of pyridine rings is 1. The fraction of sp³-hybridized carbons (Fsp3) is 0.643. The summed E-state index contributed by atoms with van der Waals surface area (Å²) in [6.07, 6.45) is 9.10. The molecular formula is C28H38F2N2O3. The Labute approximate surface area is 206 Å². The number of carboxylic acid groups (broad SMARTS) is 1. The maximum absolute atomic E-state index is 15.7. The topological polar surface area (TPSA) is 62.7 Å². The van der Waals surface area contributed by atoms with Gasteiger partial charge in [-0.3, -0.25) is 9.78 Å². The van der Waals surface area contributed by atoms with Crippen molar-refractivity contribution in [1.29, 1.82) is 0 Å². The van der Waals surface area contributed by atoms with Gasteiger partial charge >= 0.3 is 5.97 Å². The number of likely N-dealkylation sites (tertiary alicyclic amines) is 1. The summed E-state index contributed by atoms with van der Waals surface area (Å²) in [5.74, 6) is 0.510. The van der Waals surface area contributed by atoms with E-state index in [-0.39, 0.29) is 24.0 Å². The smallest absolute Gasteiger partial charge is 0.309 e. The van der Waals surface area contributed by atoms with Crippen molar-refractivity contribution >= 4 is 16.9 Å². The molecule has 1 aliphatic carbocycles. The molecule has 7 heteroatoms. The van der Waals surface area contributed by atoms with E-state index in [9.17, 15) is 14.3 Å². The largest absolute Gasteiger partial charge is 0.497 e. The average molecular weight is 489 g/mol. The molecule has 1 N–H and O–H groups in total. The lowest BCUT2D eigenvalue weighted by atomic mass is 9.74. The Bertz CT molecular complexity index is 996. The first-order chi connectivity index (χ1) is 17.0. The van der Waals surface area contributed by atoms with Crippen molar-refractivity contribution in [2.75, 3.05) is 26.7 Å². The highest BCUT2D eigenvalue weighted by molar-refractivity contribution is 5.85. The number of hydrogen-bond acceptors (Lipinski definition) is 4. The molecule has 1 aromatic carbocycles. The monoisotopic (exact) mass is 488 g/mol. The lowest BCUT2D eigenvalue weighted by Gasteiger charge is -2.39. The number of carboxylic acids is 1. The van der Waals surface area contributed by atoms with Gasteiger partial charge < -0.3 is 14.7 Å². The van der Waals surface area contributed by atoms with Crippen LogP contribution in [-0.2, 0) is 11.5 Å². The van der Waals surface area contributed by atoms with Crippen molar-refractivity contribution in [3.63, 3.8) is 0 Å². The molecule has 35 heavy (non-hydrogen) atoms. The lowest BCUT2D eigenvalue weighted by molar-refractivity contribution is -0.153. The van der Waals surface area contributed by atoms with Crippen LogP contribution in [0.5, 0.6) is 5.75 Å². The number of hydrogen-bond donors (Lipinski definition) is 1. The maximum atomic E-state index is 15.7. The molecule has 1 atom stereocenters. The summed E-state index contributed by atoms with van der Waals surface area (Å²) in [5, 5.41) is 10.6. The average Bonchev–Trinajstić information content (AvgIpc) is 2.90. The molecule has 0 amide bonds. The fourth-order valence-corrected chi connectivity index (χ4v) is 6.00. The summed E-state index contributed by atoms with van der Waals surface area (Å²) in [7, 11) is 1.53. The molecule has 2 aromatic rings. The minimum Gasteiger partial charge on any atom is -0.497 e. The van der Waals surface area contributed by atoms with Crippen LogP contribution in [-0.4, -0.2) is 47.7 Å². The molecular weight excluding hydrogens is 450 g/mol. The Morgan fingerprint density at radius 3 is 2.66 bits per heavy atom. The molecule has 1 unspecified atom stereocenters. The summed E-state index contributed by atoms with van der Waals surface area (Å²) in [5.41, 5.74) is 0.115. The summed E-state index contributed by atoms with van der Waals surface area (Å²) < 4.78 is 34.7. The van der Waals surface area contributed by atoms with E-state index in [4.69, 9.17) is 4.74 Å². The minimum atomic E-state index is -1.47. The highest BCUT2D eigenvalue weighted by atomic mass is 19.1. The van der Waals surface area contributed by atoms with Crippen LogP contribution >= 0.6 is 0 Å². The van der Waals surface area contributed by atoms with Gasteiger partial charge in [-0.2, -0.15) is 0 Å². The first-order valence-electron chi connectivity index (χ1n) is 13.1. The number of nitrogens with zero attached hydrogens (tertiary/aromatic N) is 2. The third-order valence-corrected chi connectivity index (χ3v) is 8.38. The quantitative estimate of drug-likeness (QED) is 0.406. The summed E-state index contributed by atoms with van der Waals surface area (Å²) >= 11 is 0. The zero-order valence-electron chi connectivity index (χ0n) is 20.8. The van der Waals surface area contributed by atoms with Gasteiger partial charge in [-0.05, 0) is 75.9 Å². The first-order valence-corrected chi connectivity index (χ1v) is 13.1. The number of benzene rings is 1. The Kier molecular flexibility index (Phi) is 8.58. The van der Waals surface area contributed by atoms with Gasteiger partial charge in [0, 0.05) is 22.7 Å². The van der Waals surface area contributed by atoms with Crippen molar-refractivity contribution in [3.05, 3.63) is 35.5 Å². The van der Waals surface area contributed by atoms with Crippen LogP contribution < -0.4 is 4.74 Å². The third kappa shape index (κ3) is 5.93. The molecule has 1 aliphatic heterocycles. The van der Waals surface area contributed by atoms with Crippen LogP contribution in [0, 0.1) is 11.3 Å². The van der Waals surface area contributed by atoms with E-state index in [1.54, 1.807) is 18.2 Å². The van der Waals surface area contributed by atoms with E-state index in [0.29, 0.717) is 29.5 Å². The molecule has 2 aliphatic rings. The molecule has 4 rings (SSSR count). The Hall–Kier alpha value is -2.28. The Morgan fingerprint density at radius 1 is 1.26 bits per heavy atom. The molecule has 1 aromatic heterocycles. The highest BCUT2D eigenvalue weighted by Crippen LogP contribution is 2.42. The molecule has 1 saturated carbocycles. The normalized spacial score (nSPS) is 20.1. The number of rotatable bonds is 10. The number of carbonyl (C=O) groups is 1. The van der Waals surface area contributed by atoms with E-state index < -0.39 is 24.2 Å². The zero-order valence-corrected chi connectivity index (χ0v) is 20.8. The summed E-state index contributed by atoms with van der Waals surface area (Å²) in [6, 6.07) is 5.15. The van der Waals surface area contributed by atoms with Gasteiger partial charge in [0.05, 0.1) is 18.0 Å². The molecule has 2 fully saturated rings. The van der Waals surface area contributed by atoms with Gasteiger partial charge in [-0.15, -0.1) is 0 Å². The molecule has 1 saturated heterocycles. The third-order valence-electron chi connectivity index (χ3n) is 8.38. The van der Waals surface area contributed by atoms with Crippen LogP contribution in [0.15, 0.2) is 24.4 Å². The minimum absolute atomic E-state index is 0.0394. The number of aromatic nitrogens is 1. The van der Waals surface area contributed by atoms with Crippen LogP contribution in [0.2, 0.25) is 0 Å². The molecule has 2 heterocycles. The number of halogens is 2. The molecule has 5 nitrogen and oxygen atoms in total. The van der Waals surface area contributed by atoms with Gasteiger partial charge in [0.25, 0.3) is 0 Å². The zero-order chi connectivity index (χ0) is 24.8. The lowest BCUT2D eigenvalue weighted by Crippen LogP contribution is -2.45. The van der Waals surface area contributed by atoms with Crippen LogP contribution in [0.4, 0.5) is 8.78 Å². The first kappa shape index (κ1) is 25.8. The fourth-order valence-electron chi connectivity index (χ4n) is 6.00. The molecule has 0 bridgehead atoms. The predicted octanol–water partition coefficient (Wildman–Crippen LogP) is 6.64. The number of methoxy groups -OCH3 is 1. The number of ether oxygens (including phenoxy) is 1. The van der Waals surface area contributed by atoms with Crippen molar-refractivity contribution in [1.82, 2.24) is 9.88 Å². The van der Waals surface area contributed by atoms with E-state index >= 15 is 4.39 Å². The summed E-state index contributed by atoms with van der Waals surface area (Å²) in [6.45, 7) is 1.68. The standard InChI is InChI=1S/C28H38F2N2O3/c1-35-22-7-8-25-23(17-22)26(21(18-29)19-31-25)24(30)9-11-28(27(33)34)12-15-32(16-13-28)14-10-20-5-3-2-4-6-20/h7-8,17,19-20,24H,2-6,9-16,18H2,1H3,(H,33,34). The predicted molar refractivity (Wildman–Crippen MR) is 133 cm³/mol. The molecule has 0 spiro atoms. The van der Waals surface area contributed by atoms with Gasteiger partial charge in [0.15, 0.2) is 0 Å². The summed E-state index contributed by atoms with van der Waals surface area (Å²) in [4.78, 5) is 19.0. The molecule has 192 valence electrons. The number of fused-ring (bicyclic) bond motifs is 1. The van der Waals surface area contributed by atoms with E-state index in [2.05, 4.69) is 9.88 Å². The van der Waals surface area contributed by atoms with Crippen molar-refractivity contribution in [3.8, 4) is 5.75 Å². The van der Waals surface area contributed by atoms with Crippen LogP contribution in [0.3, 0.4) is 0 Å². The Balaban J connectivity index is 1.42. The van der Waals surface area contributed by atoms with Crippen LogP contribution in [0.1, 0.15) is 81.5 Å². The van der Waals surface area contributed by atoms with Gasteiger partial charge in [-0.25, -0.2) is 8.78 Å². The second kappa shape index (κ2) is 11.6. The van der Waals surface area contributed by atoms with E-state index in [1.165, 1.54) is 51.8 Å². The van der Waals surface area contributed by atoms with E-state index in [0.717, 1.165) is 25.6 Å². The highest BCUT2D eigenvalue weighted by Gasteiger charge is 2.42. The number of piperidine rings is 1. The number of alkyl halides is 2. The van der Waals surface area contributed by atoms with Gasteiger partial charge in [-0.1, -0.05) is 32.1 Å². The second-order valence-electron chi connectivity index (χ2n) is 10.4.